The number of benzene rings is 3. The Hall–Kier alpha value is -1.53. The molecule has 0 saturated carbocycles. The summed E-state index contributed by atoms with van der Waals surface area (Å²) in [5.74, 6) is 0. The minimum atomic E-state index is 0. The SMILES string of the molecule is Cl.Cl.c1ccc(CCCN2CCN(CCOCc3ccccc3Sc3ccccc3)CC2)cc1. The van der Waals surface area contributed by atoms with Gasteiger partial charge in [0.25, 0.3) is 0 Å². The van der Waals surface area contributed by atoms with Crippen molar-refractivity contribution in [3.05, 3.63) is 96.1 Å². The Labute approximate surface area is 221 Å². The van der Waals surface area contributed by atoms with Crippen LogP contribution in [-0.2, 0) is 17.8 Å². The molecule has 0 bridgehead atoms. The quantitative estimate of drug-likeness (QED) is 0.271. The summed E-state index contributed by atoms with van der Waals surface area (Å²) in [5, 5.41) is 0. The normalized spacial score (nSPS) is 14.2. The number of rotatable bonds is 11. The van der Waals surface area contributed by atoms with Gasteiger partial charge >= 0.3 is 0 Å². The van der Waals surface area contributed by atoms with Gasteiger partial charge in [0.2, 0.25) is 0 Å². The molecule has 1 heterocycles. The fourth-order valence-electron chi connectivity index (χ4n) is 4.10. The molecule has 1 saturated heterocycles. The Kier molecular flexibility index (Phi) is 13.7. The number of aryl methyl sites for hydroxylation is 1. The van der Waals surface area contributed by atoms with E-state index in [-0.39, 0.29) is 24.8 Å². The van der Waals surface area contributed by atoms with Gasteiger partial charge in [-0.3, -0.25) is 4.90 Å². The number of nitrogens with zero attached hydrogens (tertiary/aromatic N) is 2. The molecule has 1 fully saturated rings. The van der Waals surface area contributed by atoms with Crippen LogP contribution in [0.25, 0.3) is 0 Å². The van der Waals surface area contributed by atoms with Crippen molar-refractivity contribution in [3.8, 4) is 0 Å². The molecule has 6 heteroatoms. The second-order valence-electron chi connectivity index (χ2n) is 8.35. The molecule has 0 amide bonds. The molecular formula is C28H36Cl2N2OS. The predicted octanol–water partition coefficient (Wildman–Crippen LogP) is 6.45. The summed E-state index contributed by atoms with van der Waals surface area (Å²) in [4.78, 5) is 7.69. The molecule has 0 spiro atoms. The highest BCUT2D eigenvalue weighted by Crippen LogP contribution is 2.30. The van der Waals surface area contributed by atoms with E-state index in [4.69, 9.17) is 4.74 Å². The third-order valence-electron chi connectivity index (χ3n) is 6.00. The molecule has 4 rings (SSSR count). The van der Waals surface area contributed by atoms with Crippen LogP contribution in [0.2, 0.25) is 0 Å². The van der Waals surface area contributed by atoms with Crippen LogP contribution in [-0.4, -0.2) is 55.7 Å². The third-order valence-corrected chi connectivity index (χ3v) is 7.13. The van der Waals surface area contributed by atoms with E-state index in [2.05, 4.69) is 94.7 Å². The summed E-state index contributed by atoms with van der Waals surface area (Å²) in [6.07, 6.45) is 2.42. The minimum absolute atomic E-state index is 0. The summed E-state index contributed by atoms with van der Waals surface area (Å²) in [6.45, 7) is 8.33. The molecule has 3 nitrogen and oxygen atoms in total. The summed E-state index contributed by atoms with van der Waals surface area (Å²) in [7, 11) is 0. The highest BCUT2D eigenvalue weighted by Gasteiger charge is 2.16. The van der Waals surface area contributed by atoms with Crippen LogP contribution in [0.15, 0.2) is 94.7 Å². The van der Waals surface area contributed by atoms with Crippen molar-refractivity contribution in [2.75, 3.05) is 45.9 Å². The van der Waals surface area contributed by atoms with E-state index >= 15 is 0 Å². The van der Waals surface area contributed by atoms with E-state index < -0.39 is 0 Å². The van der Waals surface area contributed by atoms with Crippen LogP contribution < -0.4 is 0 Å². The zero-order chi connectivity index (χ0) is 21.8. The van der Waals surface area contributed by atoms with Crippen LogP contribution in [0.3, 0.4) is 0 Å². The van der Waals surface area contributed by atoms with E-state index in [0.29, 0.717) is 6.61 Å². The van der Waals surface area contributed by atoms with Gasteiger partial charge in [-0.05, 0) is 48.7 Å². The van der Waals surface area contributed by atoms with Crippen molar-refractivity contribution < 1.29 is 4.74 Å². The van der Waals surface area contributed by atoms with Crippen LogP contribution in [0, 0.1) is 0 Å². The number of hydrogen-bond donors (Lipinski definition) is 0. The maximum absolute atomic E-state index is 6.07. The molecule has 1 aliphatic rings. The fraction of sp³-hybridized carbons (Fsp3) is 0.357. The lowest BCUT2D eigenvalue weighted by Crippen LogP contribution is -2.47. The van der Waals surface area contributed by atoms with E-state index in [1.54, 1.807) is 0 Å². The zero-order valence-corrected chi connectivity index (χ0v) is 22.1. The molecule has 0 aromatic heterocycles. The summed E-state index contributed by atoms with van der Waals surface area (Å²) in [5.41, 5.74) is 2.72. The zero-order valence-electron chi connectivity index (χ0n) is 19.7. The highest BCUT2D eigenvalue weighted by atomic mass is 35.5. The van der Waals surface area contributed by atoms with E-state index in [9.17, 15) is 0 Å². The number of hydrogen-bond acceptors (Lipinski definition) is 4. The molecule has 0 N–H and O–H groups in total. The van der Waals surface area contributed by atoms with Gasteiger partial charge < -0.3 is 9.64 Å². The largest absolute Gasteiger partial charge is 0.375 e. The average Bonchev–Trinajstić information content (AvgIpc) is 2.85. The van der Waals surface area contributed by atoms with Crippen molar-refractivity contribution in [2.24, 2.45) is 0 Å². The van der Waals surface area contributed by atoms with Gasteiger partial charge in [-0.15, -0.1) is 24.8 Å². The topological polar surface area (TPSA) is 15.7 Å². The lowest BCUT2D eigenvalue weighted by Gasteiger charge is -2.34. The van der Waals surface area contributed by atoms with Crippen molar-refractivity contribution >= 4 is 36.6 Å². The monoisotopic (exact) mass is 518 g/mol. The van der Waals surface area contributed by atoms with E-state index in [1.807, 2.05) is 11.8 Å². The standard InChI is InChI=1S/C28H34N2OS.2ClH/c1-3-10-25(11-4-1)12-9-17-29-18-20-30(21-19-29)22-23-31-24-26-13-7-8-16-28(26)32-27-14-5-2-6-15-27;;/h1-8,10-11,13-16H,9,12,17-24H2;2*1H. The van der Waals surface area contributed by atoms with Gasteiger partial charge in [-0.1, -0.05) is 78.5 Å². The minimum Gasteiger partial charge on any atom is -0.375 e. The Morgan fingerprint density at radius 1 is 0.676 bits per heavy atom. The smallest absolute Gasteiger partial charge is 0.0728 e. The van der Waals surface area contributed by atoms with Gasteiger partial charge in [-0.25, -0.2) is 0 Å². The lowest BCUT2D eigenvalue weighted by molar-refractivity contribution is 0.0675. The van der Waals surface area contributed by atoms with Gasteiger partial charge in [-0.2, -0.15) is 0 Å². The van der Waals surface area contributed by atoms with Crippen LogP contribution in [0.1, 0.15) is 17.5 Å². The van der Waals surface area contributed by atoms with Gasteiger partial charge in [0.05, 0.1) is 13.2 Å². The Bertz CT molecular complexity index is 922. The second-order valence-corrected chi connectivity index (χ2v) is 9.46. The number of piperazine rings is 1. The van der Waals surface area contributed by atoms with E-state index in [1.165, 1.54) is 53.4 Å². The summed E-state index contributed by atoms with van der Waals surface area (Å²) in [6, 6.07) is 30.0. The fourth-order valence-corrected chi connectivity index (χ4v) is 5.05. The van der Waals surface area contributed by atoms with Crippen LogP contribution in [0.4, 0.5) is 0 Å². The van der Waals surface area contributed by atoms with E-state index in [0.717, 1.165) is 26.2 Å². The Balaban J connectivity index is 0.00000204. The lowest BCUT2D eigenvalue weighted by atomic mass is 10.1. The van der Waals surface area contributed by atoms with Gasteiger partial charge in [0, 0.05) is 42.5 Å². The molecule has 34 heavy (non-hydrogen) atoms. The van der Waals surface area contributed by atoms with Crippen LogP contribution in [0.5, 0.6) is 0 Å². The average molecular weight is 520 g/mol. The van der Waals surface area contributed by atoms with Crippen molar-refractivity contribution in [3.63, 3.8) is 0 Å². The van der Waals surface area contributed by atoms with Crippen molar-refractivity contribution in [1.29, 1.82) is 0 Å². The molecule has 0 atom stereocenters. The first kappa shape index (κ1) is 28.7. The van der Waals surface area contributed by atoms with Gasteiger partial charge in [0.15, 0.2) is 0 Å². The number of halogens is 2. The van der Waals surface area contributed by atoms with Crippen LogP contribution >= 0.6 is 36.6 Å². The van der Waals surface area contributed by atoms with Crippen molar-refractivity contribution in [1.82, 2.24) is 9.80 Å². The van der Waals surface area contributed by atoms with Crippen molar-refractivity contribution in [2.45, 2.75) is 29.2 Å². The third kappa shape index (κ3) is 9.61. The predicted molar refractivity (Wildman–Crippen MR) is 149 cm³/mol. The molecular weight excluding hydrogens is 483 g/mol. The highest BCUT2D eigenvalue weighted by molar-refractivity contribution is 7.99. The van der Waals surface area contributed by atoms with Gasteiger partial charge in [0.1, 0.15) is 0 Å². The first-order valence-corrected chi connectivity index (χ1v) is 12.6. The molecule has 0 unspecified atom stereocenters. The molecule has 3 aromatic rings. The second kappa shape index (κ2) is 16.2. The summed E-state index contributed by atoms with van der Waals surface area (Å²) >= 11 is 1.81. The molecule has 0 aliphatic carbocycles. The number of ether oxygens (including phenoxy) is 1. The molecule has 184 valence electrons. The Morgan fingerprint density at radius 2 is 1.26 bits per heavy atom. The molecule has 0 radical (unpaired) electrons. The Morgan fingerprint density at radius 3 is 1.97 bits per heavy atom. The maximum atomic E-state index is 6.07. The first-order chi connectivity index (χ1) is 15.9. The molecule has 1 aliphatic heterocycles. The molecule has 3 aromatic carbocycles. The summed E-state index contributed by atoms with van der Waals surface area (Å²) < 4.78 is 6.07. The maximum Gasteiger partial charge on any atom is 0.0728 e. The first-order valence-electron chi connectivity index (χ1n) is 11.7.